The average molecular weight is 229 g/mol. The van der Waals surface area contributed by atoms with E-state index in [2.05, 4.69) is 47.8 Å². The Labute approximate surface area is 105 Å². The van der Waals surface area contributed by atoms with E-state index >= 15 is 0 Å². The molecule has 0 aromatic heterocycles. The molecular weight excluding hydrogens is 206 g/mol. The summed E-state index contributed by atoms with van der Waals surface area (Å²) in [5.74, 6) is 0. The summed E-state index contributed by atoms with van der Waals surface area (Å²) in [6.07, 6.45) is 12.5. The molecular formula is C16H23N. The predicted molar refractivity (Wildman–Crippen MR) is 74.2 cm³/mol. The zero-order valence-electron chi connectivity index (χ0n) is 10.6. The van der Waals surface area contributed by atoms with E-state index in [4.69, 9.17) is 0 Å². The first-order valence-corrected chi connectivity index (χ1v) is 6.89. The molecule has 1 aliphatic carbocycles. The second kappa shape index (κ2) is 7.29. The van der Waals surface area contributed by atoms with Gasteiger partial charge in [0.15, 0.2) is 0 Å². The number of allylic oxidation sites excluding steroid dienone is 1. The van der Waals surface area contributed by atoms with E-state index in [9.17, 15) is 0 Å². The van der Waals surface area contributed by atoms with Crippen LogP contribution in [0.4, 0.5) is 0 Å². The molecule has 0 saturated heterocycles. The van der Waals surface area contributed by atoms with Gasteiger partial charge in [0.25, 0.3) is 0 Å². The third kappa shape index (κ3) is 4.74. The highest BCUT2D eigenvalue weighted by Crippen LogP contribution is 2.11. The van der Waals surface area contributed by atoms with E-state index in [-0.39, 0.29) is 0 Å². The van der Waals surface area contributed by atoms with Crippen molar-refractivity contribution in [3.63, 3.8) is 0 Å². The molecule has 0 amide bonds. The van der Waals surface area contributed by atoms with Gasteiger partial charge in [-0.05, 0) is 37.8 Å². The maximum Gasteiger partial charge on any atom is 0.0250 e. The van der Waals surface area contributed by atoms with Crippen molar-refractivity contribution in [3.05, 3.63) is 48.0 Å². The second-order valence-electron chi connectivity index (χ2n) is 4.86. The lowest BCUT2D eigenvalue weighted by molar-refractivity contribution is 0.511. The molecule has 1 N–H and O–H groups in total. The van der Waals surface area contributed by atoms with E-state index in [1.165, 1.54) is 37.7 Å². The Hall–Kier alpha value is -1.08. The van der Waals surface area contributed by atoms with Crippen LogP contribution >= 0.6 is 0 Å². The summed E-state index contributed by atoms with van der Waals surface area (Å²) in [5.41, 5.74) is 1.43. The van der Waals surface area contributed by atoms with E-state index in [0.717, 1.165) is 13.0 Å². The van der Waals surface area contributed by atoms with E-state index in [0.29, 0.717) is 6.04 Å². The molecule has 0 fully saturated rings. The van der Waals surface area contributed by atoms with Gasteiger partial charge in [-0.3, -0.25) is 0 Å². The summed E-state index contributed by atoms with van der Waals surface area (Å²) in [6, 6.07) is 11.3. The van der Waals surface area contributed by atoms with Crippen LogP contribution in [0.2, 0.25) is 0 Å². The summed E-state index contributed by atoms with van der Waals surface area (Å²) in [7, 11) is 0. The Bertz CT molecular complexity index is 329. The van der Waals surface area contributed by atoms with Gasteiger partial charge in [0.1, 0.15) is 0 Å². The van der Waals surface area contributed by atoms with Gasteiger partial charge in [0, 0.05) is 6.04 Å². The van der Waals surface area contributed by atoms with Crippen molar-refractivity contribution in [2.24, 2.45) is 0 Å². The summed E-state index contributed by atoms with van der Waals surface area (Å²) in [5, 5.41) is 3.65. The number of rotatable bonds is 4. The molecule has 0 bridgehead atoms. The van der Waals surface area contributed by atoms with Gasteiger partial charge in [-0.15, -0.1) is 0 Å². The molecule has 1 nitrogen and oxygen atoms in total. The van der Waals surface area contributed by atoms with Crippen LogP contribution in [0, 0.1) is 0 Å². The Morgan fingerprint density at radius 3 is 2.82 bits per heavy atom. The van der Waals surface area contributed by atoms with E-state index in [1.54, 1.807) is 0 Å². The minimum absolute atomic E-state index is 0.596. The van der Waals surface area contributed by atoms with Gasteiger partial charge in [-0.1, -0.05) is 55.3 Å². The van der Waals surface area contributed by atoms with E-state index < -0.39 is 0 Å². The normalized spacial score (nSPS) is 22.7. The molecule has 2 rings (SSSR count). The second-order valence-corrected chi connectivity index (χ2v) is 4.86. The van der Waals surface area contributed by atoms with Crippen LogP contribution in [0.3, 0.4) is 0 Å². The lowest BCUT2D eigenvalue weighted by Gasteiger charge is -2.16. The quantitative estimate of drug-likeness (QED) is 0.776. The summed E-state index contributed by atoms with van der Waals surface area (Å²) in [6.45, 7) is 1.08. The Kier molecular flexibility index (Phi) is 5.31. The van der Waals surface area contributed by atoms with Crippen LogP contribution in [-0.2, 0) is 6.42 Å². The number of benzene rings is 1. The first-order chi connectivity index (χ1) is 8.45. The zero-order valence-corrected chi connectivity index (χ0v) is 10.6. The topological polar surface area (TPSA) is 12.0 Å². The SMILES string of the molecule is C1=C/C(NCCc2ccccc2)CCCCC/1. The van der Waals surface area contributed by atoms with Crippen LogP contribution < -0.4 is 5.32 Å². The number of hydrogen-bond donors (Lipinski definition) is 1. The highest BCUT2D eigenvalue weighted by Gasteiger charge is 2.05. The molecule has 1 aromatic carbocycles. The Morgan fingerprint density at radius 2 is 1.94 bits per heavy atom. The first kappa shape index (κ1) is 12.4. The van der Waals surface area contributed by atoms with Crippen LogP contribution in [0.5, 0.6) is 0 Å². The van der Waals surface area contributed by atoms with Gasteiger partial charge in [-0.2, -0.15) is 0 Å². The Balaban J connectivity index is 1.72. The van der Waals surface area contributed by atoms with E-state index in [1.807, 2.05) is 0 Å². The molecule has 0 radical (unpaired) electrons. The molecule has 0 saturated carbocycles. The highest BCUT2D eigenvalue weighted by molar-refractivity contribution is 5.14. The summed E-state index contributed by atoms with van der Waals surface area (Å²) in [4.78, 5) is 0. The van der Waals surface area contributed by atoms with Gasteiger partial charge >= 0.3 is 0 Å². The molecule has 0 aliphatic heterocycles. The van der Waals surface area contributed by atoms with Crippen molar-refractivity contribution in [1.82, 2.24) is 5.32 Å². The lowest BCUT2D eigenvalue weighted by atomic mass is 10.0. The smallest absolute Gasteiger partial charge is 0.0250 e. The highest BCUT2D eigenvalue weighted by atomic mass is 14.9. The summed E-state index contributed by atoms with van der Waals surface area (Å²) < 4.78 is 0. The third-order valence-electron chi connectivity index (χ3n) is 3.42. The van der Waals surface area contributed by atoms with Crippen molar-refractivity contribution in [2.45, 2.75) is 44.6 Å². The fraction of sp³-hybridized carbons (Fsp3) is 0.500. The molecule has 1 aromatic rings. The van der Waals surface area contributed by atoms with Crippen molar-refractivity contribution in [2.75, 3.05) is 6.54 Å². The van der Waals surface area contributed by atoms with Crippen molar-refractivity contribution in [3.8, 4) is 0 Å². The fourth-order valence-electron chi connectivity index (χ4n) is 2.38. The van der Waals surface area contributed by atoms with Gasteiger partial charge in [0.05, 0.1) is 0 Å². The largest absolute Gasteiger partial charge is 0.310 e. The number of nitrogens with one attached hydrogen (secondary N) is 1. The van der Waals surface area contributed by atoms with Crippen LogP contribution in [0.15, 0.2) is 42.5 Å². The van der Waals surface area contributed by atoms with Gasteiger partial charge < -0.3 is 5.32 Å². The van der Waals surface area contributed by atoms with Crippen LogP contribution in [-0.4, -0.2) is 12.6 Å². The lowest BCUT2D eigenvalue weighted by Crippen LogP contribution is -2.29. The zero-order chi connectivity index (χ0) is 11.8. The number of hydrogen-bond acceptors (Lipinski definition) is 1. The van der Waals surface area contributed by atoms with Gasteiger partial charge in [-0.25, -0.2) is 0 Å². The molecule has 1 heteroatoms. The summed E-state index contributed by atoms with van der Waals surface area (Å²) >= 11 is 0. The standard InChI is InChI=1S/C16H23N/c1-2-7-11-16(12-8-3-1)17-14-13-15-9-5-4-6-10-15/h4-7,9-11,16-17H,1-3,8,12-14H2/b11-7+. The Morgan fingerprint density at radius 1 is 1.06 bits per heavy atom. The maximum absolute atomic E-state index is 3.65. The van der Waals surface area contributed by atoms with Crippen molar-refractivity contribution < 1.29 is 0 Å². The van der Waals surface area contributed by atoms with Gasteiger partial charge in [0.2, 0.25) is 0 Å². The molecule has 17 heavy (non-hydrogen) atoms. The molecule has 1 atom stereocenters. The third-order valence-corrected chi connectivity index (χ3v) is 3.42. The fourth-order valence-corrected chi connectivity index (χ4v) is 2.38. The van der Waals surface area contributed by atoms with Crippen LogP contribution in [0.1, 0.15) is 37.7 Å². The molecule has 0 heterocycles. The first-order valence-electron chi connectivity index (χ1n) is 6.89. The minimum Gasteiger partial charge on any atom is -0.310 e. The average Bonchev–Trinajstić information content (AvgIpc) is 2.33. The minimum atomic E-state index is 0.596. The molecule has 1 aliphatic rings. The molecule has 1 unspecified atom stereocenters. The molecule has 92 valence electrons. The van der Waals surface area contributed by atoms with Crippen molar-refractivity contribution in [1.29, 1.82) is 0 Å². The maximum atomic E-state index is 3.65. The van der Waals surface area contributed by atoms with Crippen LogP contribution in [0.25, 0.3) is 0 Å². The van der Waals surface area contributed by atoms with Crippen molar-refractivity contribution >= 4 is 0 Å². The monoisotopic (exact) mass is 229 g/mol. The predicted octanol–water partition coefficient (Wildman–Crippen LogP) is 3.71. The molecule has 0 spiro atoms.